The largest absolute Gasteiger partial charge is 0.481 e. The fourth-order valence-corrected chi connectivity index (χ4v) is 2.80. The van der Waals surface area contributed by atoms with Gasteiger partial charge in [-0.3, -0.25) is 0 Å². The third-order valence-corrected chi connectivity index (χ3v) is 3.97. The molecule has 0 aromatic carbocycles. The first-order valence-corrected chi connectivity index (χ1v) is 7.55. The van der Waals surface area contributed by atoms with E-state index in [1.807, 2.05) is 19.2 Å². The van der Waals surface area contributed by atoms with Crippen molar-refractivity contribution in [2.24, 2.45) is 0 Å². The highest BCUT2D eigenvalue weighted by molar-refractivity contribution is 7.11. The van der Waals surface area contributed by atoms with Crippen LogP contribution in [0.2, 0.25) is 0 Å². The van der Waals surface area contributed by atoms with Gasteiger partial charge in [0.15, 0.2) is 0 Å². The summed E-state index contributed by atoms with van der Waals surface area (Å²) in [5.41, 5.74) is 0.969. The molecule has 20 heavy (non-hydrogen) atoms. The van der Waals surface area contributed by atoms with Crippen molar-refractivity contribution in [3.63, 3.8) is 0 Å². The number of ether oxygens (including phenoxy) is 1. The van der Waals surface area contributed by atoms with Crippen molar-refractivity contribution >= 4 is 11.3 Å². The average molecular weight is 292 g/mol. The molecule has 0 radical (unpaired) electrons. The van der Waals surface area contributed by atoms with Crippen molar-refractivity contribution in [2.45, 2.75) is 32.7 Å². The third kappa shape index (κ3) is 3.98. The molecule has 2 aromatic rings. The first-order valence-electron chi connectivity index (χ1n) is 6.73. The Kier molecular flexibility index (Phi) is 5.43. The van der Waals surface area contributed by atoms with Crippen LogP contribution in [-0.4, -0.2) is 28.6 Å². The minimum atomic E-state index is 0.237. The lowest BCUT2D eigenvalue weighted by atomic mass is 10.1. The fraction of sp³-hybridized carbons (Fsp3) is 0.500. The molecule has 2 aromatic heterocycles. The van der Waals surface area contributed by atoms with Crippen LogP contribution in [0.5, 0.6) is 5.88 Å². The topological polar surface area (TPSA) is 59.9 Å². The van der Waals surface area contributed by atoms with Crippen LogP contribution in [0.25, 0.3) is 0 Å². The number of nitrogens with zero attached hydrogens (tertiary/aromatic N) is 3. The summed E-state index contributed by atoms with van der Waals surface area (Å²) in [6, 6.07) is 2.12. The zero-order valence-electron chi connectivity index (χ0n) is 12.1. The van der Waals surface area contributed by atoms with Crippen molar-refractivity contribution in [1.82, 2.24) is 20.3 Å². The number of thiazole rings is 1. The Morgan fingerprint density at radius 3 is 2.85 bits per heavy atom. The standard InChI is InChI=1S/C14H20N4OS/c1-4-5-15-12(13-8-16-10(2)20-13)6-11-7-14(19-3)18-9-17-11/h7-9,12,15H,4-6H2,1-3H3. The molecule has 0 aliphatic rings. The Morgan fingerprint density at radius 2 is 2.20 bits per heavy atom. The minimum Gasteiger partial charge on any atom is -0.481 e. The first-order chi connectivity index (χ1) is 9.72. The molecule has 1 atom stereocenters. The van der Waals surface area contributed by atoms with E-state index in [0.717, 1.165) is 30.1 Å². The minimum absolute atomic E-state index is 0.237. The Balaban J connectivity index is 2.14. The van der Waals surface area contributed by atoms with Crippen molar-refractivity contribution in [3.05, 3.63) is 34.2 Å². The van der Waals surface area contributed by atoms with E-state index >= 15 is 0 Å². The van der Waals surface area contributed by atoms with Gasteiger partial charge in [0.1, 0.15) is 6.33 Å². The number of hydrogen-bond donors (Lipinski definition) is 1. The molecule has 0 aliphatic carbocycles. The highest BCUT2D eigenvalue weighted by Crippen LogP contribution is 2.24. The second kappa shape index (κ2) is 7.31. The van der Waals surface area contributed by atoms with Crippen LogP contribution in [0.3, 0.4) is 0 Å². The summed E-state index contributed by atoms with van der Waals surface area (Å²) in [7, 11) is 1.62. The van der Waals surface area contributed by atoms with E-state index in [4.69, 9.17) is 4.74 Å². The van der Waals surface area contributed by atoms with Gasteiger partial charge < -0.3 is 10.1 Å². The molecule has 0 fully saturated rings. The lowest BCUT2D eigenvalue weighted by molar-refractivity contribution is 0.395. The quantitative estimate of drug-likeness (QED) is 0.849. The predicted octanol–water partition coefficient (Wildman–Crippen LogP) is 2.53. The normalized spacial score (nSPS) is 12.3. The van der Waals surface area contributed by atoms with E-state index in [-0.39, 0.29) is 6.04 Å². The maximum Gasteiger partial charge on any atom is 0.216 e. The summed E-state index contributed by atoms with van der Waals surface area (Å²) in [5, 5.41) is 4.64. The number of hydrogen-bond acceptors (Lipinski definition) is 6. The van der Waals surface area contributed by atoms with E-state index in [1.54, 1.807) is 24.8 Å². The third-order valence-electron chi connectivity index (χ3n) is 2.94. The molecule has 0 aliphatic heterocycles. The molecule has 6 heteroatoms. The molecular formula is C14H20N4OS. The zero-order valence-corrected chi connectivity index (χ0v) is 12.9. The lowest BCUT2D eigenvalue weighted by Gasteiger charge is -2.16. The fourth-order valence-electron chi connectivity index (χ4n) is 1.94. The van der Waals surface area contributed by atoms with Crippen LogP contribution in [0, 0.1) is 6.92 Å². The Morgan fingerprint density at radius 1 is 1.35 bits per heavy atom. The Hall–Kier alpha value is -1.53. The van der Waals surface area contributed by atoms with Crippen molar-refractivity contribution in [2.75, 3.05) is 13.7 Å². The molecule has 0 saturated heterocycles. The molecular weight excluding hydrogens is 272 g/mol. The van der Waals surface area contributed by atoms with Gasteiger partial charge in [0.25, 0.3) is 0 Å². The van der Waals surface area contributed by atoms with Gasteiger partial charge in [-0.2, -0.15) is 0 Å². The van der Waals surface area contributed by atoms with Gasteiger partial charge in [0.2, 0.25) is 5.88 Å². The molecule has 108 valence electrons. The molecule has 0 spiro atoms. The summed E-state index contributed by atoms with van der Waals surface area (Å²) >= 11 is 1.73. The van der Waals surface area contributed by atoms with Crippen molar-refractivity contribution in [3.8, 4) is 5.88 Å². The molecule has 2 heterocycles. The van der Waals surface area contributed by atoms with Gasteiger partial charge in [-0.05, 0) is 19.9 Å². The van der Waals surface area contributed by atoms with Gasteiger partial charge in [0, 0.05) is 35.3 Å². The molecule has 1 N–H and O–H groups in total. The van der Waals surface area contributed by atoms with E-state index in [9.17, 15) is 0 Å². The second-order valence-corrected chi connectivity index (χ2v) is 5.81. The van der Waals surface area contributed by atoms with Crippen molar-refractivity contribution in [1.29, 1.82) is 0 Å². The number of aromatic nitrogens is 3. The average Bonchev–Trinajstić information content (AvgIpc) is 2.90. The van der Waals surface area contributed by atoms with Crippen LogP contribution < -0.4 is 10.1 Å². The van der Waals surface area contributed by atoms with E-state index in [0.29, 0.717) is 5.88 Å². The molecule has 1 unspecified atom stereocenters. The predicted molar refractivity (Wildman–Crippen MR) is 80.2 cm³/mol. The Labute approximate surface area is 123 Å². The second-order valence-electron chi connectivity index (χ2n) is 4.54. The molecule has 0 saturated carbocycles. The summed E-state index contributed by atoms with van der Waals surface area (Å²) in [4.78, 5) is 13.9. The summed E-state index contributed by atoms with van der Waals surface area (Å²) in [5.74, 6) is 0.602. The van der Waals surface area contributed by atoms with Crippen LogP contribution in [0.15, 0.2) is 18.6 Å². The summed E-state index contributed by atoms with van der Waals surface area (Å²) in [6.45, 7) is 5.16. The lowest BCUT2D eigenvalue weighted by Crippen LogP contribution is -2.23. The summed E-state index contributed by atoms with van der Waals surface area (Å²) < 4.78 is 5.15. The SMILES string of the molecule is CCCNC(Cc1cc(OC)ncn1)c1cnc(C)s1. The zero-order chi connectivity index (χ0) is 14.4. The number of aryl methyl sites for hydroxylation is 1. The molecule has 5 nitrogen and oxygen atoms in total. The van der Waals surface area contributed by atoms with Gasteiger partial charge in [-0.1, -0.05) is 6.92 Å². The van der Waals surface area contributed by atoms with Gasteiger partial charge >= 0.3 is 0 Å². The van der Waals surface area contributed by atoms with E-state index in [2.05, 4.69) is 27.2 Å². The summed E-state index contributed by atoms with van der Waals surface area (Å²) in [6.07, 6.45) is 5.40. The van der Waals surface area contributed by atoms with E-state index in [1.165, 1.54) is 4.88 Å². The Bertz CT molecular complexity index is 543. The maximum absolute atomic E-state index is 5.15. The molecule has 0 bridgehead atoms. The first kappa shape index (κ1) is 14.9. The van der Waals surface area contributed by atoms with Crippen molar-refractivity contribution < 1.29 is 4.74 Å². The monoisotopic (exact) mass is 292 g/mol. The van der Waals surface area contributed by atoms with Gasteiger partial charge in [-0.25, -0.2) is 15.0 Å². The maximum atomic E-state index is 5.15. The molecule has 0 amide bonds. The van der Waals surface area contributed by atoms with Crippen LogP contribution in [0.1, 0.15) is 35.0 Å². The van der Waals surface area contributed by atoms with Gasteiger partial charge in [0.05, 0.1) is 12.1 Å². The van der Waals surface area contributed by atoms with Crippen LogP contribution >= 0.6 is 11.3 Å². The number of methoxy groups -OCH3 is 1. The number of nitrogens with one attached hydrogen (secondary N) is 1. The highest BCUT2D eigenvalue weighted by Gasteiger charge is 2.15. The number of rotatable bonds is 7. The highest BCUT2D eigenvalue weighted by atomic mass is 32.1. The van der Waals surface area contributed by atoms with Crippen LogP contribution in [0.4, 0.5) is 0 Å². The van der Waals surface area contributed by atoms with E-state index < -0.39 is 0 Å². The smallest absolute Gasteiger partial charge is 0.216 e. The molecule has 2 rings (SSSR count). The van der Waals surface area contributed by atoms with Crippen LogP contribution in [-0.2, 0) is 6.42 Å². The van der Waals surface area contributed by atoms with Gasteiger partial charge in [-0.15, -0.1) is 11.3 Å².